The van der Waals surface area contributed by atoms with Gasteiger partial charge in [-0.2, -0.15) is 0 Å². The van der Waals surface area contributed by atoms with Crippen molar-refractivity contribution >= 4 is 11.6 Å². The maximum absolute atomic E-state index is 10.1. The quantitative estimate of drug-likeness (QED) is 0.778. The highest BCUT2D eigenvalue weighted by Gasteiger charge is 2.32. The molecular formula is C13H18ClNO2. The van der Waals surface area contributed by atoms with Crippen molar-refractivity contribution in [2.75, 3.05) is 0 Å². The predicted octanol–water partition coefficient (Wildman–Crippen LogP) is 2.51. The highest BCUT2D eigenvalue weighted by molar-refractivity contribution is 6.30. The number of hydrogen-bond donors (Lipinski definition) is 3. The van der Waals surface area contributed by atoms with Gasteiger partial charge in [0.05, 0.1) is 12.1 Å². The zero-order valence-electron chi connectivity index (χ0n) is 9.86. The van der Waals surface area contributed by atoms with Gasteiger partial charge in [-0.05, 0) is 43.4 Å². The number of aliphatic hydroxyl groups is 1. The summed E-state index contributed by atoms with van der Waals surface area (Å²) in [5.74, 6) is 0.393. The molecule has 0 spiro atoms. The van der Waals surface area contributed by atoms with Crippen molar-refractivity contribution in [3.05, 3.63) is 28.3 Å². The Balaban J connectivity index is 2.26. The van der Waals surface area contributed by atoms with Crippen LogP contribution in [0.25, 0.3) is 0 Å². The van der Waals surface area contributed by atoms with Crippen molar-refractivity contribution in [2.45, 2.75) is 38.3 Å². The number of phenolic OH excluding ortho intramolecular Hbond substituents is 1. The number of benzene rings is 1. The maximum Gasteiger partial charge on any atom is 0.123 e. The third kappa shape index (κ3) is 2.41. The lowest BCUT2D eigenvalue weighted by atomic mass is 9.77. The van der Waals surface area contributed by atoms with Crippen LogP contribution >= 0.6 is 11.6 Å². The minimum Gasteiger partial charge on any atom is -0.507 e. The zero-order valence-corrected chi connectivity index (χ0v) is 10.6. The van der Waals surface area contributed by atoms with E-state index >= 15 is 0 Å². The smallest absolute Gasteiger partial charge is 0.123 e. The van der Waals surface area contributed by atoms with Gasteiger partial charge >= 0.3 is 0 Å². The average molecular weight is 256 g/mol. The van der Waals surface area contributed by atoms with E-state index in [0.29, 0.717) is 16.1 Å². The molecule has 0 amide bonds. The second kappa shape index (κ2) is 4.84. The van der Waals surface area contributed by atoms with E-state index in [9.17, 15) is 10.2 Å². The van der Waals surface area contributed by atoms with Crippen LogP contribution in [0, 0.1) is 12.8 Å². The summed E-state index contributed by atoms with van der Waals surface area (Å²) in [4.78, 5) is 0. The van der Waals surface area contributed by atoms with Gasteiger partial charge in [0.1, 0.15) is 5.75 Å². The molecule has 94 valence electrons. The third-order valence-corrected chi connectivity index (χ3v) is 3.87. The molecule has 0 aromatic heterocycles. The Kier molecular flexibility index (Phi) is 3.61. The molecule has 1 fully saturated rings. The maximum atomic E-state index is 10.1. The summed E-state index contributed by atoms with van der Waals surface area (Å²) in [7, 11) is 0. The average Bonchev–Trinajstić information content (AvgIpc) is 2.19. The molecule has 17 heavy (non-hydrogen) atoms. The summed E-state index contributed by atoms with van der Waals surface area (Å²) in [6.07, 6.45) is 2.56. The number of aliphatic hydroxyl groups excluding tert-OH is 1. The van der Waals surface area contributed by atoms with Crippen LogP contribution in [-0.2, 0) is 0 Å². The van der Waals surface area contributed by atoms with Crippen LogP contribution in [-0.4, -0.2) is 16.3 Å². The van der Waals surface area contributed by atoms with Crippen LogP contribution in [0.3, 0.4) is 0 Å². The third-order valence-electron chi connectivity index (χ3n) is 3.65. The molecule has 1 aliphatic carbocycles. The van der Waals surface area contributed by atoms with E-state index < -0.39 is 12.1 Å². The van der Waals surface area contributed by atoms with Crippen molar-refractivity contribution in [3.63, 3.8) is 0 Å². The van der Waals surface area contributed by atoms with E-state index in [0.717, 1.165) is 19.3 Å². The van der Waals surface area contributed by atoms with Crippen LogP contribution in [0.15, 0.2) is 12.1 Å². The molecule has 2 atom stereocenters. The second-order valence-corrected chi connectivity index (χ2v) is 5.30. The van der Waals surface area contributed by atoms with Gasteiger partial charge in [-0.3, -0.25) is 0 Å². The van der Waals surface area contributed by atoms with Gasteiger partial charge in [-0.25, -0.2) is 0 Å². The monoisotopic (exact) mass is 255 g/mol. The van der Waals surface area contributed by atoms with Gasteiger partial charge in [0.25, 0.3) is 0 Å². The first-order valence-electron chi connectivity index (χ1n) is 5.93. The van der Waals surface area contributed by atoms with Crippen LogP contribution in [0.2, 0.25) is 5.02 Å². The van der Waals surface area contributed by atoms with E-state index in [4.69, 9.17) is 17.3 Å². The Morgan fingerprint density at radius 2 is 2.06 bits per heavy atom. The molecular weight excluding hydrogens is 238 g/mol. The van der Waals surface area contributed by atoms with Gasteiger partial charge in [-0.15, -0.1) is 0 Å². The van der Waals surface area contributed by atoms with E-state index in [2.05, 4.69) is 0 Å². The highest BCUT2D eigenvalue weighted by Crippen LogP contribution is 2.38. The molecule has 1 aromatic rings. The Bertz CT molecular complexity index is 418. The second-order valence-electron chi connectivity index (χ2n) is 4.87. The van der Waals surface area contributed by atoms with Crippen molar-refractivity contribution in [3.8, 4) is 5.75 Å². The summed E-state index contributed by atoms with van der Waals surface area (Å²) in [6.45, 7) is 1.77. The highest BCUT2D eigenvalue weighted by atomic mass is 35.5. The number of nitrogens with two attached hydrogens (primary N) is 1. The van der Waals surface area contributed by atoms with Gasteiger partial charge in [0.15, 0.2) is 0 Å². The fraction of sp³-hybridized carbons (Fsp3) is 0.538. The number of rotatable bonds is 3. The largest absolute Gasteiger partial charge is 0.507 e. The Morgan fingerprint density at radius 1 is 1.41 bits per heavy atom. The molecule has 4 heteroatoms. The van der Waals surface area contributed by atoms with E-state index in [-0.39, 0.29) is 11.7 Å². The molecule has 0 heterocycles. The molecule has 0 radical (unpaired) electrons. The predicted molar refractivity (Wildman–Crippen MR) is 68.1 cm³/mol. The summed E-state index contributed by atoms with van der Waals surface area (Å²) in [5.41, 5.74) is 7.24. The number of aromatic hydroxyl groups is 1. The molecule has 0 aliphatic heterocycles. The van der Waals surface area contributed by atoms with Gasteiger partial charge < -0.3 is 15.9 Å². The topological polar surface area (TPSA) is 66.5 Å². The summed E-state index contributed by atoms with van der Waals surface area (Å²) >= 11 is 5.95. The van der Waals surface area contributed by atoms with Gasteiger partial charge in [-0.1, -0.05) is 18.0 Å². The number of aryl methyl sites for hydroxylation is 1. The van der Waals surface area contributed by atoms with Crippen molar-refractivity contribution in [1.29, 1.82) is 0 Å². The van der Waals surface area contributed by atoms with Crippen LogP contribution in [0.4, 0.5) is 0 Å². The molecule has 1 saturated carbocycles. The Labute approximate surface area is 106 Å². The molecule has 1 aliphatic rings. The SMILES string of the molecule is Cc1cc(Cl)cc([C@H](N)[C@H](O)C2CCC2)c1O. The molecule has 0 bridgehead atoms. The first-order valence-corrected chi connectivity index (χ1v) is 6.31. The number of phenols is 1. The zero-order chi connectivity index (χ0) is 12.6. The lowest BCUT2D eigenvalue weighted by molar-refractivity contribution is 0.0407. The normalized spacial score (nSPS) is 19.8. The van der Waals surface area contributed by atoms with E-state index in [1.807, 2.05) is 0 Å². The van der Waals surface area contributed by atoms with Gasteiger partial charge in [0, 0.05) is 10.6 Å². The summed E-state index contributed by atoms with van der Waals surface area (Å²) < 4.78 is 0. The summed E-state index contributed by atoms with van der Waals surface area (Å²) in [6, 6.07) is 2.75. The van der Waals surface area contributed by atoms with Crippen LogP contribution in [0.5, 0.6) is 5.75 Å². The first-order chi connectivity index (χ1) is 8.00. The lowest BCUT2D eigenvalue weighted by Gasteiger charge is -2.34. The summed E-state index contributed by atoms with van der Waals surface area (Å²) in [5, 5.41) is 20.6. The van der Waals surface area contributed by atoms with Gasteiger partial charge in [0.2, 0.25) is 0 Å². The number of hydrogen-bond acceptors (Lipinski definition) is 3. The van der Waals surface area contributed by atoms with Crippen molar-refractivity contribution < 1.29 is 10.2 Å². The molecule has 2 rings (SSSR count). The van der Waals surface area contributed by atoms with Crippen molar-refractivity contribution in [2.24, 2.45) is 11.7 Å². The molecule has 0 saturated heterocycles. The van der Waals surface area contributed by atoms with Crippen LogP contribution in [0.1, 0.15) is 36.4 Å². The minimum absolute atomic E-state index is 0.139. The van der Waals surface area contributed by atoms with E-state index in [1.54, 1.807) is 19.1 Å². The Morgan fingerprint density at radius 3 is 2.59 bits per heavy atom. The lowest BCUT2D eigenvalue weighted by Crippen LogP contribution is -2.36. The number of halogens is 1. The Hall–Kier alpha value is -0.770. The first kappa shape index (κ1) is 12.7. The molecule has 0 unspecified atom stereocenters. The molecule has 4 N–H and O–H groups in total. The van der Waals surface area contributed by atoms with E-state index in [1.165, 1.54) is 0 Å². The fourth-order valence-electron chi connectivity index (χ4n) is 2.27. The molecule has 1 aromatic carbocycles. The standard InChI is InChI=1S/C13H18ClNO2/c1-7-5-9(14)6-10(12(7)16)11(15)13(17)8-3-2-4-8/h5-6,8,11,13,16-17H,2-4,15H2,1H3/t11-,13+/m0/s1. The van der Waals surface area contributed by atoms with Crippen LogP contribution < -0.4 is 5.73 Å². The fourth-order valence-corrected chi connectivity index (χ4v) is 2.56. The molecule has 3 nitrogen and oxygen atoms in total. The minimum atomic E-state index is -0.604. The van der Waals surface area contributed by atoms with Crippen molar-refractivity contribution in [1.82, 2.24) is 0 Å².